The van der Waals surface area contributed by atoms with Crippen molar-refractivity contribution in [3.63, 3.8) is 0 Å². The number of benzene rings is 1. The van der Waals surface area contributed by atoms with E-state index in [-0.39, 0.29) is 18.7 Å². The molecule has 1 rings (SSSR count). The first kappa shape index (κ1) is 11.5. The van der Waals surface area contributed by atoms with Crippen LogP contribution in [0.4, 0.5) is 5.69 Å². The summed E-state index contributed by atoms with van der Waals surface area (Å²) in [6, 6.07) is 5.74. The van der Waals surface area contributed by atoms with E-state index < -0.39 is 10.2 Å². The van der Waals surface area contributed by atoms with Crippen molar-refractivity contribution in [3.05, 3.63) is 34.4 Å². The summed E-state index contributed by atoms with van der Waals surface area (Å²) in [6.07, 6.45) is 0.0737. The summed E-state index contributed by atoms with van der Waals surface area (Å²) in [4.78, 5) is 20.3. The highest BCUT2D eigenvalue weighted by Crippen LogP contribution is 2.19. The first-order valence-corrected chi connectivity index (χ1v) is 4.53. The molecule has 0 aliphatic rings. The highest BCUT2D eigenvalue weighted by atomic mass is 35.5. The number of nitro groups is 1. The van der Waals surface area contributed by atoms with E-state index >= 15 is 0 Å². The minimum atomic E-state index is -0.514. The van der Waals surface area contributed by atoms with Crippen LogP contribution < -0.4 is 4.74 Å². The summed E-state index contributed by atoms with van der Waals surface area (Å²) in [5.41, 5.74) is -0.0512. The van der Waals surface area contributed by atoms with Crippen molar-refractivity contribution in [2.75, 3.05) is 6.61 Å². The lowest BCUT2D eigenvalue weighted by Gasteiger charge is -2.03. The van der Waals surface area contributed by atoms with E-state index in [0.717, 1.165) is 0 Å². The summed E-state index contributed by atoms with van der Waals surface area (Å²) < 4.78 is 5.10. The van der Waals surface area contributed by atoms with Crippen LogP contribution in [0.25, 0.3) is 0 Å². The van der Waals surface area contributed by atoms with Crippen LogP contribution in [0.3, 0.4) is 0 Å². The lowest BCUT2D eigenvalue weighted by atomic mass is 10.3. The smallest absolute Gasteiger partial charge is 0.273 e. The van der Waals surface area contributed by atoms with Crippen molar-refractivity contribution in [2.24, 2.45) is 0 Å². The predicted octanol–water partition coefficient (Wildman–Crippen LogP) is 2.13. The molecule has 1 aromatic carbocycles. The number of rotatable bonds is 5. The minimum Gasteiger partial charge on any atom is -0.493 e. The van der Waals surface area contributed by atoms with Crippen molar-refractivity contribution >= 4 is 22.5 Å². The van der Waals surface area contributed by atoms with Crippen LogP contribution in [-0.2, 0) is 4.79 Å². The second-order valence-electron chi connectivity index (χ2n) is 2.71. The van der Waals surface area contributed by atoms with E-state index in [2.05, 4.69) is 0 Å². The van der Waals surface area contributed by atoms with Crippen LogP contribution in [-0.4, -0.2) is 16.8 Å². The van der Waals surface area contributed by atoms with Gasteiger partial charge in [0.15, 0.2) is 0 Å². The van der Waals surface area contributed by atoms with Crippen molar-refractivity contribution in [1.82, 2.24) is 0 Å². The van der Waals surface area contributed by atoms with Crippen molar-refractivity contribution < 1.29 is 14.5 Å². The Morgan fingerprint density at radius 1 is 1.53 bits per heavy atom. The van der Waals surface area contributed by atoms with Gasteiger partial charge in [0.2, 0.25) is 5.24 Å². The van der Waals surface area contributed by atoms with E-state index in [1.54, 1.807) is 6.07 Å². The first-order valence-electron chi connectivity index (χ1n) is 4.15. The Hall–Kier alpha value is -1.62. The Morgan fingerprint density at radius 3 is 2.87 bits per heavy atom. The normalized spacial score (nSPS) is 9.67. The Balaban J connectivity index is 2.58. The molecule has 0 heterocycles. The number of hydrogen-bond donors (Lipinski definition) is 0. The molecule has 0 saturated carbocycles. The zero-order valence-electron chi connectivity index (χ0n) is 7.68. The van der Waals surface area contributed by atoms with Crippen molar-refractivity contribution in [2.45, 2.75) is 6.42 Å². The number of halogens is 1. The zero-order chi connectivity index (χ0) is 11.3. The van der Waals surface area contributed by atoms with Gasteiger partial charge in [-0.15, -0.1) is 0 Å². The number of non-ortho nitro benzene ring substituents is 1. The fourth-order valence-electron chi connectivity index (χ4n) is 0.936. The minimum absolute atomic E-state index is 0.0512. The van der Waals surface area contributed by atoms with Crippen LogP contribution >= 0.6 is 11.6 Å². The highest BCUT2D eigenvalue weighted by Gasteiger charge is 2.06. The van der Waals surface area contributed by atoms with E-state index in [9.17, 15) is 14.9 Å². The molecule has 80 valence electrons. The number of nitro benzene ring substituents is 1. The lowest BCUT2D eigenvalue weighted by Crippen LogP contribution is -2.01. The molecule has 0 fully saturated rings. The third-order valence-corrected chi connectivity index (χ3v) is 1.78. The molecule has 0 unspecified atom stereocenters. The number of hydrogen-bond acceptors (Lipinski definition) is 4. The van der Waals surface area contributed by atoms with Gasteiger partial charge in [-0.05, 0) is 17.7 Å². The van der Waals surface area contributed by atoms with Gasteiger partial charge in [0.1, 0.15) is 5.75 Å². The van der Waals surface area contributed by atoms with Crippen LogP contribution in [0, 0.1) is 10.1 Å². The molecule has 0 spiro atoms. The third kappa shape index (κ3) is 3.95. The van der Waals surface area contributed by atoms with Crippen molar-refractivity contribution in [3.8, 4) is 5.75 Å². The Bertz CT molecular complexity index is 380. The molecule has 0 bridgehead atoms. The molecule has 5 nitrogen and oxygen atoms in total. The number of carbonyl (C=O) groups excluding carboxylic acids is 1. The molecule has 0 aliphatic carbocycles. The fourth-order valence-corrected chi connectivity index (χ4v) is 1.01. The van der Waals surface area contributed by atoms with Gasteiger partial charge in [0.25, 0.3) is 5.69 Å². The summed E-state index contributed by atoms with van der Waals surface area (Å²) >= 11 is 5.10. The van der Waals surface area contributed by atoms with Gasteiger partial charge < -0.3 is 4.74 Å². The molecule has 6 heteroatoms. The molecule has 0 aromatic heterocycles. The second kappa shape index (κ2) is 5.31. The van der Waals surface area contributed by atoms with Crippen LogP contribution in [0.2, 0.25) is 0 Å². The Kier molecular flexibility index (Phi) is 4.05. The quantitative estimate of drug-likeness (QED) is 0.441. The molecule has 0 amide bonds. The van der Waals surface area contributed by atoms with Gasteiger partial charge in [0, 0.05) is 6.07 Å². The molecule has 0 radical (unpaired) electrons. The van der Waals surface area contributed by atoms with Gasteiger partial charge in [0.05, 0.1) is 24.0 Å². The molecule has 0 aliphatic heterocycles. The van der Waals surface area contributed by atoms with Gasteiger partial charge in [-0.1, -0.05) is 6.07 Å². The first-order chi connectivity index (χ1) is 7.09. The van der Waals surface area contributed by atoms with E-state index in [0.29, 0.717) is 5.75 Å². The van der Waals surface area contributed by atoms with Gasteiger partial charge in [-0.25, -0.2) is 0 Å². The molecule has 0 saturated heterocycles. The second-order valence-corrected chi connectivity index (χ2v) is 3.13. The largest absolute Gasteiger partial charge is 0.493 e. The van der Waals surface area contributed by atoms with Crippen molar-refractivity contribution in [1.29, 1.82) is 0 Å². The number of carbonyl (C=O) groups is 1. The average molecular weight is 230 g/mol. The van der Waals surface area contributed by atoms with Crippen LogP contribution in [0.15, 0.2) is 24.3 Å². The van der Waals surface area contributed by atoms with Gasteiger partial charge in [-0.3, -0.25) is 14.9 Å². The van der Waals surface area contributed by atoms with E-state index in [1.807, 2.05) is 0 Å². The van der Waals surface area contributed by atoms with Gasteiger partial charge in [-0.2, -0.15) is 0 Å². The van der Waals surface area contributed by atoms with E-state index in [4.69, 9.17) is 16.3 Å². The predicted molar refractivity (Wildman–Crippen MR) is 54.1 cm³/mol. The topological polar surface area (TPSA) is 69.4 Å². The molecule has 0 N–H and O–H groups in total. The SMILES string of the molecule is O=C(Cl)CCOc1cccc([N+](=O)[O-])c1. The maximum atomic E-state index is 10.4. The van der Waals surface area contributed by atoms with Crippen LogP contribution in [0.5, 0.6) is 5.75 Å². The maximum absolute atomic E-state index is 10.4. The molecular weight excluding hydrogens is 222 g/mol. The monoisotopic (exact) mass is 229 g/mol. The summed E-state index contributed by atoms with van der Waals surface area (Å²) in [5, 5.41) is 9.91. The Morgan fingerprint density at radius 2 is 2.27 bits per heavy atom. The standard InChI is InChI=1S/C9H8ClNO4/c10-9(12)4-5-15-8-3-1-2-7(6-8)11(13)14/h1-3,6H,4-5H2. The Labute approximate surface area is 90.8 Å². The zero-order valence-corrected chi connectivity index (χ0v) is 8.44. The van der Waals surface area contributed by atoms with Gasteiger partial charge >= 0.3 is 0 Å². The number of nitrogens with zero attached hydrogens (tertiary/aromatic N) is 1. The van der Waals surface area contributed by atoms with E-state index in [1.165, 1.54) is 18.2 Å². The molecule has 15 heavy (non-hydrogen) atoms. The van der Waals surface area contributed by atoms with Crippen LogP contribution in [0.1, 0.15) is 6.42 Å². The summed E-state index contributed by atoms with van der Waals surface area (Å²) in [6.45, 7) is 0.115. The molecule has 0 atom stereocenters. The maximum Gasteiger partial charge on any atom is 0.273 e. The third-order valence-electron chi connectivity index (χ3n) is 1.60. The highest BCUT2D eigenvalue weighted by molar-refractivity contribution is 6.63. The summed E-state index contributed by atoms with van der Waals surface area (Å²) in [5.74, 6) is 0.349. The summed E-state index contributed by atoms with van der Waals surface area (Å²) in [7, 11) is 0. The average Bonchev–Trinajstić information content (AvgIpc) is 2.17. The number of ether oxygens (including phenoxy) is 1. The fraction of sp³-hybridized carbons (Fsp3) is 0.222. The molecule has 1 aromatic rings. The molecular formula is C9H8ClNO4. The lowest BCUT2D eigenvalue weighted by molar-refractivity contribution is -0.384.